The number of nitrogens with zero attached hydrogens (tertiary/aromatic N) is 3. The minimum absolute atomic E-state index is 0.0158. The first-order valence-electron chi connectivity index (χ1n) is 10.7. The molecule has 0 spiro atoms. The van der Waals surface area contributed by atoms with E-state index >= 15 is 0 Å². The second kappa shape index (κ2) is 8.19. The van der Waals surface area contributed by atoms with Gasteiger partial charge in [0.2, 0.25) is 5.91 Å². The number of fused-ring (bicyclic) bond motifs is 1. The topological polar surface area (TPSA) is 84.0 Å². The Morgan fingerprint density at radius 3 is 2.74 bits per heavy atom. The summed E-state index contributed by atoms with van der Waals surface area (Å²) in [7, 11) is 0. The standard InChI is InChI=1S/C23H26N4O4/c1-15-20(3-2-9-24-15)31-18-6-4-16(5-7-18)17-11-27(12-17)23(29)26-10-8-21-19(13-26)25-22(28)14-30-21/h2-7,9,17,19,21H,8,10-14H2,1H3,(H,25,28)/t19?,21-/m0/s1. The Labute approximate surface area is 181 Å². The molecule has 162 valence electrons. The SMILES string of the molecule is Cc1ncccc1Oc1ccc(C2CN(C(=O)N3CC[C@@H]4OCC(=O)NC4C3)C2)cc1. The van der Waals surface area contributed by atoms with Gasteiger partial charge >= 0.3 is 6.03 Å². The molecule has 5 rings (SSSR count). The molecule has 1 unspecified atom stereocenters. The van der Waals surface area contributed by atoms with Crippen molar-refractivity contribution in [2.45, 2.75) is 31.4 Å². The number of pyridine rings is 1. The molecule has 4 heterocycles. The van der Waals surface area contributed by atoms with Gasteiger partial charge in [-0.15, -0.1) is 0 Å². The monoisotopic (exact) mass is 422 g/mol. The summed E-state index contributed by atoms with van der Waals surface area (Å²) >= 11 is 0. The zero-order chi connectivity index (χ0) is 21.4. The number of hydrogen-bond donors (Lipinski definition) is 1. The Morgan fingerprint density at radius 2 is 1.97 bits per heavy atom. The molecule has 8 nitrogen and oxygen atoms in total. The van der Waals surface area contributed by atoms with Crippen LogP contribution in [0.1, 0.15) is 23.6 Å². The van der Waals surface area contributed by atoms with Crippen LogP contribution in [-0.4, -0.2) is 71.7 Å². The molecule has 8 heteroatoms. The maximum absolute atomic E-state index is 12.9. The quantitative estimate of drug-likeness (QED) is 0.821. The van der Waals surface area contributed by atoms with Gasteiger partial charge in [0.15, 0.2) is 0 Å². The average molecular weight is 422 g/mol. The second-order valence-electron chi connectivity index (χ2n) is 8.40. The second-order valence-corrected chi connectivity index (χ2v) is 8.40. The van der Waals surface area contributed by atoms with Crippen LogP contribution < -0.4 is 10.1 Å². The number of piperidine rings is 1. The van der Waals surface area contributed by atoms with Crippen molar-refractivity contribution in [3.05, 3.63) is 53.9 Å². The van der Waals surface area contributed by atoms with Gasteiger partial charge < -0.3 is 24.6 Å². The van der Waals surface area contributed by atoms with Gasteiger partial charge in [-0.3, -0.25) is 9.78 Å². The summed E-state index contributed by atoms with van der Waals surface area (Å²) in [5, 5.41) is 2.95. The molecular formula is C23H26N4O4. The van der Waals surface area contributed by atoms with E-state index in [9.17, 15) is 9.59 Å². The van der Waals surface area contributed by atoms with E-state index in [1.165, 1.54) is 5.56 Å². The number of ether oxygens (including phenoxy) is 2. The van der Waals surface area contributed by atoms with Crippen LogP contribution in [0.2, 0.25) is 0 Å². The third-order valence-corrected chi connectivity index (χ3v) is 6.28. The number of rotatable bonds is 3. The summed E-state index contributed by atoms with van der Waals surface area (Å²) in [6.45, 7) is 4.62. The minimum Gasteiger partial charge on any atom is -0.455 e. The lowest BCUT2D eigenvalue weighted by molar-refractivity contribution is -0.139. The van der Waals surface area contributed by atoms with Gasteiger partial charge in [-0.25, -0.2) is 4.79 Å². The Kier molecular flexibility index (Phi) is 5.23. The molecule has 1 aromatic heterocycles. The molecule has 0 radical (unpaired) electrons. The summed E-state index contributed by atoms with van der Waals surface area (Å²) in [6.07, 6.45) is 2.52. The maximum atomic E-state index is 12.9. The smallest absolute Gasteiger partial charge is 0.320 e. The van der Waals surface area contributed by atoms with Gasteiger partial charge in [0.1, 0.15) is 18.1 Å². The van der Waals surface area contributed by atoms with E-state index in [4.69, 9.17) is 9.47 Å². The van der Waals surface area contributed by atoms with E-state index in [-0.39, 0.29) is 30.7 Å². The van der Waals surface area contributed by atoms with Crippen molar-refractivity contribution in [1.29, 1.82) is 0 Å². The van der Waals surface area contributed by atoms with Gasteiger partial charge in [-0.05, 0) is 43.2 Å². The number of morpholine rings is 1. The normalized spacial score (nSPS) is 23.6. The van der Waals surface area contributed by atoms with Crippen molar-refractivity contribution in [2.75, 3.05) is 32.8 Å². The molecule has 0 saturated carbocycles. The number of aryl methyl sites for hydroxylation is 1. The van der Waals surface area contributed by atoms with E-state index in [0.29, 0.717) is 32.1 Å². The van der Waals surface area contributed by atoms with E-state index < -0.39 is 0 Å². The van der Waals surface area contributed by atoms with E-state index in [0.717, 1.165) is 23.6 Å². The first kappa shape index (κ1) is 19.8. The highest BCUT2D eigenvalue weighted by Gasteiger charge is 2.40. The van der Waals surface area contributed by atoms with Gasteiger partial charge in [-0.1, -0.05) is 12.1 Å². The zero-order valence-corrected chi connectivity index (χ0v) is 17.5. The number of hydrogen-bond acceptors (Lipinski definition) is 5. The molecule has 2 atom stereocenters. The molecule has 3 fully saturated rings. The Morgan fingerprint density at radius 1 is 1.16 bits per heavy atom. The Bertz CT molecular complexity index is 974. The largest absolute Gasteiger partial charge is 0.455 e. The number of urea groups is 1. The molecule has 3 aliphatic rings. The Hall–Kier alpha value is -3.13. The van der Waals surface area contributed by atoms with Gasteiger partial charge in [0.05, 0.1) is 17.8 Å². The number of nitrogens with one attached hydrogen (secondary N) is 1. The molecule has 0 aliphatic carbocycles. The van der Waals surface area contributed by atoms with Crippen LogP contribution in [-0.2, 0) is 9.53 Å². The Balaban J connectivity index is 1.14. The third kappa shape index (κ3) is 4.07. The van der Waals surface area contributed by atoms with E-state index in [2.05, 4.69) is 22.4 Å². The summed E-state index contributed by atoms with van der Waals surface area (Å²) in [4.78, 5) is 32.4. The third-order valence-electron chi connectivity index (χ3n) is 6.28. The van der Waals surface area contributed by atoms with Crippen molar-refractivity contribution in [3.63, 3.8) is 0 Å². The van der Waals surface area contributed by atoms with Crippen molar-refractivity contribution < 1.29 is 19.1 Å². The highest BCUT2D eigenvalue weighted by Crippen LogP contribution is 2.31. The molecule has 3 saturated heterocycles. The zero-order valence-electron chi connectivity index (χ0n) is 17.5. The lowest BCUT2D eigenvalue weighted by Gasteiger charge is -2.46. The minimum atomic E-state index is -0.106. The summed E-state index contributed by atoms with van der Waals surface area (Å²) < 4.78 is 11.5. The van der Waals surface area contributed by atoms with Crippen LogP contribution in [0.15, 0.2) is 42.6 Å². The number of likely N-dealkylation sites (tertiary alicyclic amines) is 2. The fraction of sp³-hybridized carbons (Fsp3) is 0.435. The van der Waals surface area contributed by atoms with E-state index in [1.807, 2.05) is 41.0 Å². The molecule has 3 amide bonds. The maximum Gasteiger partial charge on any atom is 0.320 e. The average Bonchev–Trinajstić information content (AvgIpc) is 2.75. The molecule has 3 aliphatic heterocycles. The highest BCUT2D eigenvalue weighted by molar-refractivity contribution is 5.79. The molecular weight excluding hydrogens is 396 g/mol. The van der Waals surface area contributed by atoms with Crippen molar-refractivity contribution in [2.24, 2.45) is 0 Å². The lowest BCUT2D eigenvalue weighted by atomic mass is 9.91. The van der Waals surface area contributed by atoms with Crippen molar-refractivity contribution in [1.82, 2.24) is 20.1 Å². The van der Waals surface area contributed by atoms with Crippen molar-refractivity contribution in [3.8, 4) is 11.5 Å². The van der Waals surface area contributed by atoms with Crippen LogP contribution >= 0.6 is 0 Å². The van der Waals surface area contributed by atoms with Crippen LogP contribution in [0, 0.1) is 6.92 Å². The van der Waals surface area contributed by atoms with Gasteiger partial charge in [0, 0.05) is 38.3 Å². The van der Waals surface area contributed by atoms with Crippen LogP contribution in [0.5, 0.6) is 11.5 Å². The molecule has 1 N–H and O–H groups in total. The fourth-order valence-electron chi connectivity index (χ4n) is 4.43. The fourth-order valence-corrected chi connectivity index (χ4v) is 4.43. The number of carbonyl (C=O) groups is 2. The lowest BCUT2D eigenvalue weighted by Crippen LogP contribution is -2.63. The number of carbonyl (C=O) groups excluding carboxylic acids is 2. The predicted molar refractivity (Wildman–Crippen MR) is 113 cm³/mol. The van der Waals surface area contributed by atoms with Crippen LogP contribution in [0.3, 0.4) is 0 Å². The first-order valence-corrected chi connectivity index (χ1v) is 10.7. The van der Waals surface area contributed by atoms with Gasteiger partial charge in [0.25, 0.3) is 0 Å². The van der Waals surface area contributed by atoms with Crippen molar-refractivity contribution >= 4 is 11.9 Å². The van der Waals surface area contributed by atoms with Crippen LogP contribution in [0.25, 0.3) is 0 Å². The summed E-state index contributed by atoms with van der Waals surface area (Å²) in [6, 6.07) is 11.7. The number of aromatic nitrogens is 1. The number of amides is 3. The molecule has 1 aromatic carbocycles. The predicted octanol–water partition coefficient (Wildman–Crippen LogP) is 2.29. The molecule has 2 aromatic rings. The van der Waals surface area contributed by atoms with Crippen LogP contribution in [0.4, 0.5) is 4.79 Å². The van der Waals surface area contributed by atoms with Gasteiger partial charge in [-0.2, -0.15) is 0 Å². The summed E-state index contributed by atoms with van der Waals surface area (Å²) in [5.41, 5.74) is 2.05. The molecule has 31 heavy (non-hydrogen) atoms. The summed E-state index contributed by atoms with van der Waals surface area (Å²) in [5.74, 6) is 1.74. The number of benzene rings is 1. The molecule has 0 bridgehead atoms. The first-order chi connectivity index (χ1) is 15.1. The highest BCUT2D eigenvalue weighted by atomic mass is 16.5. The van der Waals surface area contributed by atoms with E-state index in [1.54, 1.807) is 6.20 Å².